The van der Waals surface area contributed by atoms with Gasteiger partial charge in [0.2, 0.25) is 0 Å². The molecule has 1 aromatic rings. The molecule has 0 spiro atoms. The highest BCUT2D eigenvalue weighted by atomic mass is 15.2. The van der Waals surface area contributed by atoms with Crippen molar-refractivity contribution in [2.45, 2.75) is 38.8 Å². The second-order valence-electron chi connectivity index (χ2n) is 4.89. The van der Waals surface area contributed by atoms with Gasteiger partial charge in [0.05, 0.1) is 0 Å². The highest BCUT2D eigenvalue weighted by Gasteiger charge is 2.23. The van der Waals surface area contributed by atoms with E-state index in [-0.39, 0.29) is 0 Å². The number of nitrogens with zero attached hydrogens (tertiary/aromatic N) is 2. The van der Waals surface area contributed by atoms with Gasteiger partial charge in [0.15, 0.2) is 0 Å². The Morgan fingerprint density at radius 2 is 2.24 bits per heavy atom. The minimum absolute atomic E-state index is 0.499. The predicted octanol–water partition coefficient (Wildman–Crippen LogP) is 2.22. The highest BCUT2D eigenvalue weighted by molar-refractivity contribution is 5.14. The summed E-state index contributed by atoms with van der Waals surface area (Å²) in [5, 5.41) is 3.60. The Kier molecular flexibility index (Phi) is 4.51. The summed E-state index contributed by atoms with van der Waals surface area (Å²) in [6.45, 7) is 7.97. The van der Waals surface area contributed by atoms with E-state index in [9.17, 15) is 0 Å². The Morgan fingerprint density at radius 1 is 1.47 bits per heavy atom. The van der Waals surface area contributed by atoms with Gasteiger partial charge in [-0.1, -0.05) is 13.3 Å². The fraction of sp³-hybridized carbons (Fsp3) is 0.643. The van der Waals surface area contributed by atoms with Crippen LogP contribution in [0.25, 0.3) is 0 Å². The van der Waals surface area contributed by atoms with E-state index < -0.39 is 0 Å². The predicted molar refractivity (Wildman–Crippen MR) is 70.9 cm³/mol. The summed E-state index contributed by atoms with van der Waals surface area (Å²) in [6, 6.07) is 5.42. The van der Waals surface area contributed by atoms with E-state index >= 15 is 0 Å². The number of nitrogens with one attached hydrogen (secondary N) is 1. The summed E-state index contributed by atoms with van der Waals surface area (Å²) in [6.07, 6.45) is 6.31. The first-order valence-electron chi connectivity index (χ1n) is 6.68. The van der Waals surface area contributed by atoms with Crippen LogP contribution in [0.5, 0.6) is 0 Å². The SMILES string of the molecule is CCCC1CN(C(C)c2ccncc2)CCN1. The van der Waals surface area contributed by atoms with Crippen molar-refractivity contribution in [2.24, 2.45) is 0 Å². The molecule has 2 rings (SSSR count). The lowest BCUT2D eigenvalue weighted by molar-refractivity contribution is 0.149. The van der Waals surface area contributed by atoms with Crippen molar-refractivity contribution < 1.29 is 0 Å². The summed E-state index contributed by atoms with van der Waals surface area (Å²) in [5.74, 6) is 0. The second kappa shape index (κ2) is 6.12. The number of piperazine rings is 1. The maximum absolute atomic E-state index is 4.09. The quantitative estimate of drug-likeness (QED) is 0.864. The Balaban J connectivity index is 1.97. The molecule has 2 heterocycles. The van der Waals surface area contributed by atoms with Crippen molar-refractivity contribution in [3.8, 4) is 0 Å². The molecule has 2 atom stereocenters. The number of hydrogen-bond acceptors (Lipinski definition) is 3. The van der Waals surface area contributed by atoms with Gasteiger partial charge in [-0.3, -0.25) is 9.88 Å². The minimum Gasteiger partial charge on any atom is -0.311 e. The third-order valence-electron chi connectivity index (χ3n) is 3.66. The van der Waals surface area contributed by atoms with Gasteiger partial charge in [-0.05, 0) is 31.0 Å². The van der Waals surface area contributed by atoms with Crippen molar-refractivity contribution in [2.75, 3.05) is 19.6 Å². The van der Waals surface area contributed by atoms with Crippen LogP contribution >= 0.6 is 0 Å². The molecular formula is C14H23N3. The van der Waals surface area contributed by atoms with Crippen molar-refractivity contribution in [3.63, 3.8) is 0 Å². The second-order valence-corrected chi connectivity index (χ2v) is 4.89. The summed E-state index contributed by atoms with van der Waals surface area (Å²) in [4.78, 5) is 6.66. The number of aromatic nitrogens is 1. The van der Waals surface area contributed by atoms with Crippen molar-refractivity contribution >= 4 is 0 Å². The smallest absolute Gasteiger partial charge is 0.0322 e. The average Bonchev–Trinajstić information content (AvgIpc) is 2.40. The first-order chi connectivity index (χ1) is 8.31. The lowest BCUT2D eigenvalue weighted by Gasteiger charge is -2.37. The largest absolute Gasteiger partial charge is 0.311 e. The number of rotatable bonds is 4. The zero-order chi connectivity index (χ0) is 12.1. The van der Waals surface area contributed by atoms with Crippen molar-refractivity contribution in [3.05, 3.63) is 30.1 Å². The standard InChI is InChI=1S/C14H23N3/c1-3-4-14-11-17(10-9-16-14)12(2)13-5-7-15-8-6-13/h5-8,12,14,16H,3-4,9-11H2,1-2H3. The molecule has 0 bridgehead atoms. The molecule has 0 saturated carbocycles. The molecule has 0 radical (unpaired) electrons. The zero-order valence-corrected chi connectivity index (χ0v) is 10.9. The Bertz CT molecular complexity index is 323. The molecule has 3 heteroatoms. The maximum atomic E-state index is 4.09. The van der Waals surface area contributed by atoms with Crippen LogP contribution in [0, 0.1) is 0 Å². The molecule has 1 aliphatic heterocycles. The molecule has 1 fully saturated rings. The van der Waals surface area contributed by atoms with E-state index in [4.69, 9.17) is 0 Å². The molecule has 1 aliphatic rings. The monoisotopic (exact) mass is 233 g/mol. The van der Waals surface area contributed by atoms with Crippen LogP contribution in [-0.2, 0) is 0 Å². The highest BCUT2D eigenvalue weighted by Crippen LogP contribution is 2.21. The van der Waals surface area contributed by atoms with E-state index in [2.05, 4.69) is 41.2 Å². The molecule has 0 aliphatic carbocycles. The fourth-order valence-corrected chi connectivity index (χ4v) is 2.60. The fourth-order valence-electron chi connectivity index (χ4n) is 2.60. The molecule has 17 heavy (non-hydrogen) atoms. The van der Waals surface area contributed by atoms with Gasteiger partial charge < -0.3 is 5.32 Å². The Morgan fingerprint density at radius 3 is 2.94 bits per heavy atom. The molecule has 2 unspecified atom stereocenters. The van der Waals surface area contributed by atoms with E-state index in [1.165, 1.54) is 18.4 Å². The van der Waals surface area contributed by atoms with Gasteiger partial charge >= 0.3 is 0 Å². The van der Waals surface area contributed by atoms with Gasteiger partial charge in [-0.2, -0.15) is 0 Å². The van der Waals surface area contributed by atoms with E-state index in [1.807, 2.05) is 12.4 Å². The molecule has 0 aromatic carbocycles. The minimum atomic E-state index is 0.499. The van der Waals surface area contributed by atoms with Gasteiger partial charge in [0.1, 0.15) is 0 Å². The maximum Gasteiger partial charge on any atom is 0.0322 e. The van der Waals surface area contributed by atoms with Crippen LogP contribution < -0.4 is 5.32 Å². The van der Waals surface area contributed by atoms with Crippen molar-refractivity contribution in [1.29, 1.82) is 0 Å². The summed E-state index contributed by atoms with van der Waals surface area (Å²) >= 11 is 0. The first-order valence-corrected chi connectivity index (χ1v) is 6.68. The lowest BCUT2D eigenvalue weighted by Crippen LogP contribution is -2.51. The molecule has 94 valence electrons. The van der Waals surface area contributed by atoms with Gasteiger partial charge in [0.25, 0.3) is 0 Å². The van der Waals surface area contributed by atoms with E-state index in [0.29, 0.717) is 12.1 Å². The van der Waals surface area contributed by atoms with Crippen molar-refractivity contribution in [1.82, 2.24) is 15.2 Å². The molecule has 1 aromatic heterocycles. The first kappa shape index (κ1) is 12.5. The van der Waals surface area contributed by atoms with Crippen LogP contribution in [-0.4, -0.2) is 35.6 Å². The van der Waals surface area contributed by atoms with Crippen LogP contribution in [0.3, 0.4) is 0 Å². The number of pyridine rings is 1. The lowest BCUT2D eigenvalue weighted by atomic mass is 10.0. The molecule has 1 saturated heterocycles. The van der Waals surface area contributed by atoms with Gasteiger partial charge in [-0.25, -0.2) is 0 Å². The van der Waals surface area contributed by atoms with Crippen LogP contribution in [0.1, 0.15) is 38.3 Å². The van der Waals surface area contributed by atoms with Crippen LogP contribution in [0.2, 0.25) is 0 Å². The molecule has 1 N–H and O–H groups in total. The third-order valence-corrected chi connectivity index (χ3v) is 3.66. The molecule has 0 amide bonds. The zero-order valence-electron chi connectivity index (χ0n) is 10.9. The molecule has 3 nitrogen and oxygen atoms in total. The summed E-state index contributed by atoms with van der Waals surface area (Å²) < 4.78 is 0. The molecular weight excluding hydrogens is 210 g/mol. The average molecular weight is 233 g/mol. The van der Waals surface area contributed by atoms with Crippen LogP contribution in [0.15, 0.2) is 24.5 Å². The van der Waals surface area contributed by atoms with E-state index in [0.717, 1.165) is 19.6 Å². The number of hydrogen-bond donors (Lipinski definition) is 1. The normalized spacial score (nSPS) is 23.5. The van der Waals surface area contributed by atoms with Gasteiger partial charge in [-0.15, -0.1) is 0 Å². The summed E-state index contributed by atoms with van der Waals surface area (Å²) in [7, 11) is 0. The summed E-state index contributed by atoms with van der Waals surface area (Å²) in [5.41, 5.74) is 1.37. The van der Waals surface area contributed by atoms with Gasteiger partial charge in [0, 0.05) is 44.1 Å². The topological polar surface area (TPSA) is 28.2 Å². The third kappa shape index (κ3) is 3.27. The van der Waals surface area contributed by atoms with Crippen LogP contribution in [0.4, 0.5) is 0 Å². The van der Waals surface area contributed by atoms with E-state index in [1.54, 1.807) is 0 Å². The Hall–Kier alpha value is -0.930. The Labute approximate surface area is 104 Å².